The Bertz CT molecular complexity index is 531. The standard InChI is InChI=1S/C7H6ClNO6S2/c8-7-3-6(9(10)11)2-1-5(7)4-16-15-17(12,13)14/h1-3H,4H2,(H,12,13,14). The van der Waals surface area contributed by atoms with Gasteiger partial charge in [0.1, 0.15) is 0 Å². The van der Waals surface area contributed by atoms with E-state index in [0.717, 1.165) is 6.07 Å². The SMILES string of the molecule is O=[N+]([O-])c1ccc(CSOS(=O)(=O)O)c(Cl)c1. The van der Waals surface area contributed by atoms with E-state index in [-0.39, 0.29) is 16.5 Å². The van der Waals surface area contributed by atoms with Gasteiger partial charge in [-0.05, 0) is 11.6 Å². The van der Waals surface area contributed by atoms with Gasteiger partial charge in [-0.2, -0.15) is 12.0 Å². The largest absolute Gasteiger partial charge is 0.408 e. The minimum atomic E-state index is -4.52. The molecule has 10 heteroatoms. The maximum Gasteiger partial charge on any atom is 0.408 e. The van der Waals surface area contributed by atoms with Crippen molar-refractivity contribution in [3.63, 3.8) is 0 Å². The van der Waals surface area contributed by atoms with Crippen LogP contribution in [0.3, 0.4) is 0 Å². The van der Waals surface area contributed by atoms with Gasteiger partial charge in [0.15, 0.2) is 0 Å². The van der Waals surface area contributed by atoms with Gasteiger partial charge in [-0.1, -0.05) is 11.6 Å². The highest BCUT2D eigenvalue weighted by Gasteiger charge is 2.11. The molecule has 1 N–H and O–H groups in total. The summed E-state index contributed by atoms with van der Waals surface area (Å²) in [7, 11) is -4.52. The summed E-state index contributed by atoms with van der Waals surface area (Å²) in [6.45, 7) is 0. The zero-order valence-corrected chi connectivity index (χ0v) is 10.5. The van der Waals surface area contributed by atoms with Crippen LogP contribution in [-0.4, -0.2) is 17.9 Å². The molecule has 0 saturated carbocycles. The Morgan fingerprint density at radius 2 is 2.18 bits per heavy atom. The fourth-order valence-electron chi connectivity index (χ4n) is 0.915. The van der Waals surface area contributed by atoms with Gasteiger partial charge in [0.05, 0.1) is 9.95 Å². The molecular formula is C7H6ClNO6S2. The van der Waals surface area contributed by atoms with Gasteiger partial charge in [-0.25, -0.2) is 0 Å². The Labute approximate surface area is 106 Å². The van der Waals surface area contributed by atoms with Crippen molar-refractivity contribution in [2.75, 3.05) is 0 Å². The lowest BCUT2D eigenvalue weighted by atomic mass is 10.2. The second-order valence-corrected chi connectivity index (χ2v) is 5.12. The Hall–Kier alpha value is -0.870. The van der Waals surface area contributed by atoms with Crippen LogP contribution in [0.4, 0.5) is 5.69 Å². The molecule has 0 saturated heterocycles. The molecule has 0 bridgehead atoms. The molecule has 0 unspecified atom stereocenters. The van der Waals surface area contributed by atoms with E-state index in [2.05, 4.69) is 3.63 Å². The zero-order chi connectivity index (χ0) is 13.1. The van der Waals surface area contributed by atoms with Crippen molar-refractivity contribution < 1.29 is 21.5 Å². The van der Waals surface area contributed by atoms with Crippen LogP contribution in [-0.2, 0) is 19.8 Å². The van der Waals surface area contributed by atoms with E-state index in [9.17, 15) is 18.5 Å². The summed E-state index contributed by atoms with van der Waals surface area (Å²) in [6, 6.07) is 3.75. The van der Waals surface area contributed by atoms with E-state index >= 15 is 0 Å². The lowest BCUT2D eigenvalue weighted by Gasteiger charge is -2.02. The Morgan fingerprint density at radius 3 is 2.65 bits per heavy atom. The number of nitro benzene ring substituents is 1. The minimum absolute atomic E-state index is 0.0244. The van der Waals surface area contributed by atoms with Crippen LogP contribution >= 0.6 is 23.6 Å². The average molecular weight is 300 g/mol. The molecule has 0 atom stereocenters. The van der Waals surface area contributed by atoms with Gasteiger partial charge in [-0.15, -0.1) is 0 Å². The molecule has 0 radical (unpaired) electrons. The molecule has 0 heterocycles. The van der Waals surface area contributed by atoms with Crippen molar-refractivity contribution in [2.24, 2.45) is 0 Å². The summed E-state index contributed by atoms with van der Waals surface area (Å²) in [5, 5.41) is 10.5. The molecule has 1 rings (SSSR count). The maximum absolute atomic E-state index is 10.4. The van der Waals surface area contributed by atoms with Crippen LogP contribution in [0.1, 0.15) is 5.56 Å². The van der Waals surface area contributed by atoms with Crippen LogP contribution in [0.5, 0.6) is 0 Å². The Kier molecular flexibility index (Phi) is 4.71. The van der Waals surface area contributed by atoms with Crippen molar-refractivity contribution in [3.05, 3.63) is 38.9 Å². The summed E-state index contributed by atoms with van der Waals surface area (Å²) in [4.78, 5) is 9.81. The van der Waals surface area contributed by atoms with Gasteiger partial charge in [0.25, 0.3) is 5.69 Å². The van der Waals surface area contributed by atoms with Crippen LogP contribution < -0.4 is 0 Å². The first kappa shape index (κ1) is 14.2. The first-order valence-electron chi connectivity index (χ1n) is 4.01. The second kappa shape index (κ2) is 5.65. The molecule has 0 aliphatic rings. The highest BCUT2D eigenvalue weighted by molar-refractivity contribution is 8.02. The normalized spacial score (nSPS) is 11.4. The predicted octanol–water partition coefficient (Wildman–Crippen LogP) is 2.22. The van der Waals surface area contributed by atoms with E-state index in [1.54, 1.807) is 0 Å². The Balaban J connectivity index is 2.70. The van der Waals surface area contributed by atoms with Crippen LogP contribution in [0, 0.1) is 10.1 Å². The molecule has 0 amide bonds. The smallest absolute Gasteiger partial charge is 0.263 e. The lowest BCUT2D eigenvalue weighted by Crippen LogP contribution is -1.97. The molecule has 1 aromatic carbocycles. The molecule has 0 spiro atoms. The van der Waals surface area contributed by atoms with Crippen molar-refractivity contribution in [3.8, 4) is 0 Å². The molecule has 94 valence electrons. The van der Waals surface area contributed by atoms with Gasteiger partial charge >= 0.3 is 10.4 Å². The first-order valence-corrected chi connectivity index (χ1v) is 6.66. The molecule has 0 aliphatic heterocycles. The van der Waals surface area contributed by atoms with Crippen molar-refractivity contribution in [1.29, 1.82) is 0 Å². The van der Waals surface area contributed by atoms with Crippen LogP contribution in [0.2, 0.25) is 5.02 Å². The third kappa shape index (κ3) is 4.88. The molecule has 0 fully saturated rings. The predicted molar refractivity (Wildman–Crippen MR) is 62.0 cm³/mol. The van der Waals surface area contributed by atoms with E-state index < -0.39 is 15.3 Å². The number of hydrogen-bond acceptors (Lipinski definition) is 6. The third-order valence-corrected chi connectivity index (χ3v) is 3.45. The summed E-state index contributed by atoms with van der Waals surface area (Å²) in [5.41, 5.74) is 0.283. The van der Waals surface area contributed by atoms with Crippen molar-refractivity contribution in [1.82, 2.24) is 0 Å². The number of non-ortho nitro benzene ring substituents is 1. The molecule has 0 aromatic heterocycles. The van der Waals surface area contributed by atoms with E-state index in [1.807, 2.05) is 0 Å². The second-order valence-electron chi connectivity index (χ2n) is 2.79. The highest BCUT2D eigenvalue weighted by Crippen LogP contribution is 2.26. The van der Waals surface area contributed by atoms with Gasteiger partial charge in [0, 0.05) is 29.9 Å². The first-order chi connectivity index (χ1) is 7.79. The van der Waals surface area contributed by atoms with E-state index in [0.29, 0.717) is 17.6 Å². The van der Waals surface area contributed by atoms with Gasteiger partial charge in [-0.3, -0.25) is 14.7 Å². The highest BCUT2D eigenvalue weighted by atomic mass is 35.5. The number of nitro groups is 1. The molecule has 17 heavy (non-hydrogen) atoms. The third-order valence-electron chi connectivity index (χ3n) is 1.60. The molecule has 1 aromatic rings. The summed E-state index contributed by atoms with van der Waals surface area (Å²) in [6.07, 6.45) is 0. The quantitative estimate of drug-likeness (QED) is 0.384. The van der Waals surface area contributed by atoms with Crippen LogP contribution in [0.15, 0.2) is 18.2 Å². The summed E-state index contributed by atoms with van der Waals surface area (Å²) >= 11 is 6.19. The Morgan fingerprint density at radius 1 is 1.53 bits per heavy atom. The van der Waals surface area contributed by atoms with Gasteiger partial charge < -0.3 is 0 Å². The number of rotatable bonds is 5. The van der Waals surface area contributed by atoms with Crippen molar-refractivity contribution >= 4 is 39.7 Å². The van der Waals surface area contributed by atoms with Crippen molar-refractivity contribution in [2.45, 2.75) is 5.75 Å². The number of halogens is 1. The average Bonchev–Trinajstić information content (AvgIpc) is 2.18. The fraction of sp³-hybridized carbons (Fsp3) is 0.143. The van der Waals surface area contributed by atoms with E-state index in [1.165, 1.54) is 12.1 Å². The number of nitrogens with zero attached hydrogens (tertiary/aromatic N) is 1. The zero-order valence-electron chi connectivity index (χ0n) is 8.07. The van der Waals surface area contributed by atoms with E-state index in [4.69, 9.17) is 16.2 Å². The van der Waals surface area contributed by atoms with Gasteiger partial charge in [0.2, 0.25) is 0 Å². The van der Waals surface area contributed by atoms with Crippen LogP contribution in [0.25, 0.3) is 0 Å². The monoisotopic (exact) mass is 299 g/mol. The summed E-state index contributed by atoms with van der Waals surface area (Å²) in [5.74, 6) is 0.0244. The minimum Gasteiger partial charge on any atom is -0.263 e. The molecule has 0 aliphatic carbocycles. The molecular weight excluding hydrogens is 294 g/mol. The number of hydrogen-bond donors (Lipinski definition) is 1. The fourth-order valence-corrected chi connectivity index (χ4v) is 2.29. The topological polar surface area (TPSA) is 107 Å². The summed E-state index contributed by atoms with van der Waals surface area (Å²) < 4.78 is 32.8. The maximum atomic E-state index is 10.4. The number of benzene rings is 1. The lowest BCUT2D eigenvalue weighted by molar-refractivity contribution is -0.384. The molecule has 7 nitrogen and oxygen atoms in total.